The Morgan fingerprint density at radius 2 is 1.33 bits per heavy atom. The van der Waals surface area contributed by atoms with Gasteiger partial charge in [-0.2, -0.15) is 0 Å². The number of nitrogens with zero attached hydrogens (tertiary/aromatic N) is 1. The third-order valence-corrected chi connectivity index (χ3v) is 2.98. The second kappa shape index (κ2) is 14.3. The van der Waals surface area contributed by atoms with Crippen molar-refractivity contribution >= 4 is 6.09 Å². The van der Waals surface area contributed by atoms with Crippen molar-refractivity contribution in [2.45, 2.75) is 77.6 Å². The van der Waals surface area contributed by atoms with Gasteiger partial charge in [0.05, 0.1) is 6.61 Å². The predicted octanol–water partition coefficient (Wildman–Crippen LogP) is 4.51. The first-order chi connectivity index (χ1) is 8.77. The van der Waals surface area contributed by atoms with Crippen LogP contribution < -0.4 is 5.48 Å². The molecule has 1 amide bonds. The third kappa shape index (κ3) is 15.2. The zero-order valence-electron chi connectivity index (χ0n) is 11.7. The van der Waals surface area contributed by atoms with Crippen LogP contribution in [0, 0.1) is 0 Å². The average molecular weight is 258 g/mol. The first kappa shape index (κ1) is 17.2. The molecular formula is C14H28NO3. The van der Waals surface area contributed by atoms with Gasteiger partial charge in [0.25, 0.3) is 0 Å². The Balaban J connectivity index is 2.92. The number of rotatable bonds is 13. The van der Waals surface area contributed by atoms with Gasteiger partial charge in [0.2, 0.25) is 0 Å². The quantitative estimate of drug-likeness (QED) is 0.390. The van der Waals surface area contributed by atoms with Crippen molar-refractivity contribution < 1.29 is 14.7 Å². The van der Waals surface area contributed by atoms with Crippen molar-refractivity contribution in [3.8, 4) is 0 Å². The summed E-state index contributed by atoms with van der Waals surface area (Å²) in [6.45, 7) is 2.66. The van der Waals surface area contributed by atoms with Crippen LogP contribution in [0.5, 0.6) is 0 Å². The topological polar surface area (TPSA) is 60.6 Å². The van der Waals surface area contributed by atoms with E-state index in [9.17, 15) is 4.79 Å². The lowest BCUT2D eigenvalue weighted by Crippen LogP contribution is -2.13. The Morgan fingerprint density at radius 3 is 1.78 bits per heavy atom. The summed E-state index contributed by atoms with van der Waals surface area (Å²) >= 11 is 0. The van der Waals surface area contributed by atoms with Gasteiger partial charge >= 0.3 is 6.09 Å². The fraction of sp³-hybridized carbons (Fsp3) is 0.929. The molecule has 0 aromatic heterocycles. The molecule has 18 heavy (non-hydrogen) atoms. The fourth-order valence-corrected chi connectivity index (χ4v) is 1.93. The van der Waals surface area contributed by atoms with E-state index in [0.717, 1.165) is 12.8 Å². The molecule has 0 aliphatic heterocycles. The van der Waals surface area contributed by atoms with E-state index in [1.165, 1.54) is 57.8 Å². The van der Waals surface area contributed by atoms with E-state index >= 15 is 0 Å². The van der Waals surface area contributed by atoms with Gasteiger partial charge in [0, 0.05) is 0 Å². The lowest BCUT2D eigenvalue weighted by molar-refractivity contribution is 0.0334. The number of hydrogen-bond donors (Lipinski definition) is 1. The maximum Gasteiger partial charge on any atom is 0.454 e. The second-order valence-electron chi connectivity index (χ2n) is 4.74. The Labute approximate surface area is 111 Å². The molecule has 1 N–H and O–H groups in total. The van der Waals surface area contributed by atoms with Crippen LogP contribution in [0.2, 0.25) is 0 Å². The SMILES string of the molecule is CCCCCCCCCCCCCO[N]C(=O)O. The van der Waals surface area contributed by atoms with E-state index in [0.29, 0.717) is 6.61 Å². The van der Waals surface area contributed by atoms with Crippen LogP contribution in [0.3, 0.4) is 0 Å². The monoisotopic (exact) mass is 258 g/mol. The molecule has 0 aromatic rings. The first-order valence-corrected chi connectivity index (χ1v) is 7.33. The van der Waals surface area contributed by atoms with E-state index in [1.807, 2.05) is 0 Å². The number of amides is 1. The minimum atomic E-state index is -1.25. The molecule has 4 heteroatoms. The standard InChI is InChI=1S/C14H28NO3/c1-2-3-4-5-6-7-8-9-10-11-12-13-18-15-14(16)17/h2-13H2,1H3,(H,16,17). The summed E-state index contributed by atoms with van der Waals surface area (Å²) in [4.78, 5) is 14.6. The Kier molecular flexibility index (Phi) is 13.7. The molecule has 0 atom stereocenters. The van der Waals surface area contributed by atoms with E-state index < -0.39 is 6.09 Å². The molecule has 107 valence electrons. The van der Waals surface area contributed by atoms with Gasteiger partial charge in [-0.3, -0.25) is 0 Å². The summed E-state index contributed by atoms with van der Waals surface area (Å²) in [5, 5.41) is 8.20. The van der Waals surface area contributed by atoms with Crippen LogP contribution in [0.15, 0.2) is 0 Å². The van der Waals surface area contributed by atoms with E-state index in [1.54, 1.807) is 0 Å². The Morgan fingerprint density at radius 1 is 0.889 bits per heavy atom. The van der Waals surface area contributed by atoms with Gasteiger partial charge in [0.1, 0.15) is 0 Å². The minimum Gasteiger partial charge on any atom is -0.462 e. The van der Waals surface area contributed by atoms with Crippen LogP contribution >= 0.6 is 0 Å². The molecule has 0 saturated carbocycles. The van der Waals surface area contributed by atoms with E-state index in [4.69, 9.17) is 5.11 Å². The lowest BCUT2D eigenvalue weighted by atomic mass is 10.1. The van der Waals surface area contributed by atoms with Crippen LogP contribution in [0.1, 0.15) is 77.6 Å². The highest BCUT2D eigenvalue weighted by Gasteiger charge is 1.97. The molecule has 1 radical (unpaired) electrons. The van der Waals surface area contributed by atoms with Gasteiger partial charge in [-0.1, -0.05) is 76.6 Å². The molecule has 4 nitrogen and oxygen atoms in total. The molecule has 0 aliphatic rings. The van der Waals surface area contributed by atoms with Crippen molar-refractivity contribution in [2.24, 2.45) is 0 Å². The Bertz CT molecular complexity index is 186. The molecule has 0 fully saturated rings. The number of carbonyl (C=O) groups is 1. The number of carboxylic acid groups (broad SMARTS) is 1. The van der Waals surface area contributed by atoms with Crippen molar-refractivity contribution in [1.82, 2.24) is 5.48 Å². The zero-order valence-corrected chi connectivity index (χ0v) is 11.7. The van der Waals surface area contributed by atoms with Crippen molar-refractivity contribution in [3.63, 3.8) is 0 Å². The molecule has 0 heterocycles. The number of unbranched alkanes of at least 4 members (excludes halogenated alkanes) is 10. The van der Waals surface area contributed by atoms with E-state index in [-0.39, 0.29) is 0 Å². The van der Waals surface area contributed by atoms with Crippen LogP contribution in [-0.4, -0.2) is 17.8 Å². The van der Waals surface area contributed by atoms with Gasteiger partial charge in [0.15, 0.2) is 0 Å². The fourth-order valence-electron chi connectivity index (χ4n) is 1.93. The molecule has 0 unspecified atom stereocenters. The molecule has 0 aliphatic carbocycles. The largest absolute Gasteiger partial charge is 0.462 e. The van der Waals surface area contributed by atoms with Crippen LogP contribution in [-0.2, 0) is 4.84 Å². The normalized spacial score (nSPS) is 10.5. The molecule has 0 spiro atoms. The van der Waals surface area contributed by atoms with Crippen molar-refractivity contribution in [1.29, 1.82) is 0 Å². The summed E-state index contributed by atoms with van der Waals surface area (Å²) in [5.74, 6) is 0. The molecular weight excluding hydrogens is 230 g/mol. The molecule has 0 aromatic carbocycles. The number of hydroxylamine groups is 1. The van der Waals surface area contributed by atoms with Crippen molar-refractivity contribution in [3.05, 3.63) is 0 Å². The van der Waals surface area contributed by atoms with E-state index in [2.05, 4.69) is 17.2 Å². The van der Waals surface area contributed by atoms with Gasteiger partial charge in [-0.15, -0.1) is 0 Å². The first-order valence-electron chi connectivity index (χ1n) is 7.33. The molecule has 0 rings (SSSR count). The van der Waals surface area contributed by atoms with Crippen LogP contribution in [0.4, 0.5) is 4.79 Å². The Hall–Kier alpha value is -0.770. The lowest BCUT2D eigenvalue weighted by Gasteiger charge is -2.02. The summed E-state index contributed by atoms with van der Waals surface area (Å²) < 4.78 is 0. The zero-order chi connectivity index (χ0) is 13.5. The summed E-state index contributed by atoms with van der Waals surface area (Å²) in [6.07, 6.45) is 12.8. The highest BCUT2D eigenvalue weighted by molar-refractivity contribution is 5.62. The maximum absolute atomic E-state index is 10.0. The summed E-state index contributed by atoms with van der Waals surface area (Å²) in [7, 11) is 0. The van der Waals surface area contributed by atoms with Crippen LogP contribution in [0.25, 0.3) is 0 Å². The number of hydrogen-bond acceptors (Lipinski definition) is 2. The highest BCUT2D eigenvalue weighted by Crippen LogP contribution is 2.11. The minimum absolute atomic E-state index is 0.420. The predicted molar refractivity (Wildman–Crippen MR) is 72.6 cm³/mol. The molecule has 0 saturated heterocycles. The summed E-state index contributed by atoms with van der Waals surface area (Å²) in [6, 6.07) is 0. The molecule has 0 bridgehead atoms. The maximum atomic E-state index is 10.0. The van der Waals surface area contributed by atoms with Gasteiger partial charge < -0.3 is 5.11 Å². The third-order valence-electron chi connectivity index (χ3n) is 2.98. The smallest absolute Gasteiger partial charge is 0.454 e. The second-order valence-corrected chi connectivity index (χ2v) is 4.74. The average Bonchev–Trinajstić information content (AvgIpc) is 2.34. The highest BCUT2D eigenvalue weighted by atomic mass is 16.7. The summed E-state index contributed by atoms with van der Waals surface area (Å²) in [5.41, 5.74) is 2.92. The van der Waals surface area contributed by atoms with Gasteiger partial charge in [-0.25, -0.2) is 9.63 Å². The van der Waals surface area contributed by atoms with Gasteiger partial charge in [-0.05, 0) is 6.42 Å². The van der Waals surface area contributed by atoms with Crippen molar-refractivity contribution in [2.75, 3.05) is 6.61 Å².